The van der Waals surface area contributed by atoms with Crippen molar-refractivity contribution < 1.29 is 0 Å². The lowest BCUT2D eigenvalue weighted by atomic mass is 10.1. The molecule has 13 heavy (non-hydrogen) atoms. The van der Waals surface area contributed by atoms with Crippen LogP contribution in [0.4, 0.5) is 0 Å². The zero-order valence-corrected chi connectivity index (χ0v) is 8.59. The van der Waals surface area contributed by atoms with Crippen LogP contribution >= 0.6 is 0 Å². The van der Waals surface area contributed by atoms with Gasteiger partial charge in [-0.05, 0) is 25.8 Å². The quantitative estimate of drug-likeness (QED) is 0.433. The first-order chi connectivity index (χ1) is 6.20. The predicted octanol–water partition coefficient (Wildman–Crippen LogP) is 4.20. The summed E-state index contributed by atoms with van der Waals surface area (Å²) in [5.41, 5.74) is 2.45. The summed E-state index contributed by atoms with van der Waals surface area (Å²) >= 11 is 0. The Labute approximate surface area is 81.7 Å². The van der Waals surface area contributed by atoms with Gasteiger partial charge in [0.15, 0.2) is 0 Å². The predicted molar refractivity (Wildman–Crippen MR) is 61.7 cm³/mol. The fourth-order valence-corrected chi connectivity index (χ4v) is 0.994. The van der Waals surface area contributed by atoms with Crippen molar-refractivity contribution >= 4 is 0 Å². The molecule has 0 aliphatic heterocycles. The van der Waals surface area contributed by atoms with Gasteiger partial charge in [0.1, 0.15) is 0 Å². The molecule has 0 unspecified atom stereocenters. The molecule has 0 aliphatic carbocycles. The Morgan fingerprint density at radius 2 is 2.00 bits per heavy atom. The lowest BCUT2D eigenvalue weighted by Crippen LogP contribution is -1.79. The van der Waals surface area contributed by atoms with Crippen molar-refractivity contribution in [1.82, 2.24) is 0 Å². The maximum absolute atomic E-state index is 3.89. The Balaban J connectivity index is 4.39. The third-order valence-electron chi connectivity index (χ3n) is 1.44. The van der Waals surface area contributed by atoms with Gasteiger partial charge in [0, 0.05) is 0 Å². The van der Waals surface area contributed by atoms with E-state index in [0.717, 1.165) is 6.42 Å². The van der Waals surface area contributed by atoms with Gasteiger partial charge in [0.05, 0.1) is 0 Å². The van der Waals surface area contributed by atoms with Crippen molar-refractivity contribution in [1.29, 1.82) is 0 Å². The van der Waals surface area contributed by atoms with Gasteiger partial charge >= 0.3 is 0 Å². The molecule has 0 amide bonds. The van der Waals surface area contributed by atoms with Crippen molar-refractivity contribution in [2.24, 2.45) is 0 Å². The lowest BCUT2D eigenvalue weighted by Gasteiger charge is -1.99. The monoisotopic (exact) mass is 174 g/mol. The zero-order chi connectivity index (χ0) is 10.1. The number of hydrogen-bond donors (Lipinski definition) is 0. The van der Waals surface area contributed by atoms with E-state index in [9.17, 15) is 0 Å². The molecule has 0 aromatic rings. The Morgan fingerprint density at radius 3 is 2.46 bits per heavy atom. The van der Waals surface area contributed by atoms with Gasteiger partial charge in [-0.25, -0.2) is 0 Å². The van der Waals surface area contributed by atoms with E-state index in [-0.39, 0.29) is 0 Å². The SMILES string of the molecule is C=C\C=C/C=C(/C=C\C)CC(=C)C. The molecule has 0 spiro atoms. The van der Waals surface area contributed by atoms with Crippen LogP contribution in [0.2, 0.25) is 0 Å². The normalized spacial score (nSPS) is 12.6. The van der Waals surface area contributed by atoms with E-state index in [2.05, 4.69) is 25.3 Å². The molecule has 0 bridgehead atoms. The summed E-state index contributed by atoms with van der Waals surface area (Å²) in [6, 6.07) is 0. The van der Waals surface area contributed by atoms with Crippen LogP contribution in [0.1, 0.15) is 20.3 Å². The molecule has 0 radical (unpaired) electrons. The minimum absolute atomic E-state index is 0.936. The van der Waals surface area contributed by atoms with Gasteiger partial charge in [0.2, 0.25) is 0 Å². The second-order valence-electron chi connectivity index (χ2n) is 3.00. The molecule has 0 heterocycles. The maximum Gasteiger partial charge on any atom is -0.00727 e. The summed E-state index contributed by atoms with van der Waals surface area (Å²) in [7, 11) is 0. The highest BCUT2D eigenvalue weighted by molar-refractivity contribution is 5.28. The van der Waals surface area contributed by atoms with Gasteiger partial charge in [-0.3, -0.25) is 0 Å². The summed E-state index contributed by atoms with van der Waals surface area (Å²) in [6.45, 7) is 11.6. The fraction of sp³-hybridized carbons (Fsp3) is 0.231. The second kappa shape index (κ2) is 7.35. The molecule has 0 aromatic heterocycles. The Bertz CT molecular complexity index is 249. The summed E-state index contributed by atoms with van der Waals surface area (Å²) in [4.78, 5) is 0. The summed E-state index contributed by atoms with van der Waals surface area (Å²) in [5, 5.41) is 0. The first-order valence-electron chi connectivity index (χ1n) is 4.46. The second-order valence-corrected chi connectivity index (χ2v) is 3.00. The molecule has 0 aliphatic rings. The topological polar surface area (TPSA) is 0 Å². The van der Waals surface area contributed by atoms with Crippen molar-refractivity contribution in [3.63, 3.8) is 0 Å². The average Bonchev–Trinajstić information content (AvgIpc) is 2.04. The minimum atomic E-state index is 0.936. The van der Waals surface area contributed by atoms with E-state index in [1.54, 1.807) is 6.08 Å². The van der Waals surface area contributed by atoms with E-state index in [0.29, 0.717) is 0 Å². The van der Waals surface area contributed by atoms with Crippen LogP contribution in [0.3, 0.4) is 0 Å². The fourth-order valence-electron chi connectivity index (χ4n) is 0.994. The molecule has 0 fully saturated rings. The van der Waals surface area contributed by atoms with Crippen LogP contribution in [0.5, 0.6) is 0 Å². The third-order valence-corrected chi connectivity index (χ3v) is 1.44. The lowest BCUT2D eigenvalue weighted by molar-refractivity contribution is 1.16. The van der Waals surface area contributed by atoms with Gasteiger partial charge in [-0.15, -0.1) is 0 Å². The van der Waals surface area contributed by atoms with Crippen LogP contribution in [0.15, 0.2) is 60.8 Å². The molecule has 70 valence electrons. The molecule has 0 rings (SSSR count). The van der Waals surface area contributed by atoms with Crippen LogP contribution in [-0.2, 0) is 0 Å². The highest BCUT2D eigenvalue weighted by Crippen LogP contribution is 2.10. The van der Waals surface area contributed by atoms with E-state index in [4.69, 9.17) is 0 Å². The molecule has 0 heteroatoms. The van der Waals surface area contributed by atoms with Gasteiger partial charge in [-0.2, -0.15) is 0 Å². The Morgan fingerprint density at radius 1 is 1.31 bits per heavy atom. The minimum Gasteiger partial charge on any atom is -0.0998 e. The van der Waals surface area contributed by atoms with Crippen LogP contribution < -0.4 is 0 Å². The molecular formula is C13H18. The van der Waals surface area contributed by atoms with Crippen molar-refractivity contribution in [3.05, 3.63) is 60.8 Å². The van der Waals surface area contributed by atoms with Gasteiger partial charge < -0.3 is 0 Å². The highest BCUT2D eigenvalue weighted by Gasteiger charge is 1.90. The average molecular weight is 174 g/mol. The van der Waals surface area contributed by atoms with E-state index in [1.807, 2.05) is 32.1 Å². The van der Waals surface area contributed by atoms with Gasteiger partial charge in [0.25, 0.3) is 0 Å². The number of hydrogen-bond acceptors (Lipinski definition) is 0. The molecule has 0 saturated heterocycles. The summed E-state index contributed by atoms with van der Waals surface area (Å²) < 4.78 is 0. The summed E-state index contributed by atoms with van der Waals surface area (Å²) in [5.74, 6) is 0. The van der Waals surface area contributed by atoms with Crippen LogP contribution in [0, 0.1) is 0 Å². The molecule has 0 N–H and O–H groups in total. The Kier molecular flexibility index (Phi) is 6.62. The molecular weight excluding hydrogens is 156 g/mol. The standard InChI is InChI=1S/C13H18/c1-5-7-8-10-13(9-6-2)11-12(3)4/h5-10H,1,3,11H2,2,4H3/b8-7-,9-6-,13-10-. The highest BCUT2D eigenvalue weighted by atomic mass is 14.0. The van der Waals surface area contributed by atoms with Crippen LogP contribution in [-0.4, -0.2) is 0 Å². The molecule has 0 nitrogen and oxygen atoms in total. The first kappa shape index (κ1) is 11.7. The van der Waals surface area contributed by atoms with E-state index < -0.39 is 0 Å². The van der Waals surface area contributed by atoms with E-state index >= 15 is 0 Å². The van der Waals surface area contributed by atoms with Crippen LogP contribution in [0.25, 0.3) is 0 Å². The van der Waals surface area contributed by atoms with Crippen molar-refractivity contribution in [3.8, 4) is 0 Å². The van der Waals surface area contributed by atoms with Crippen molar-refractivity contribution in [2.75, 3.05) is 0 Å². The smallest absolute Gasteiger partial charge is 0.00727 e. The largest absolute Gasteiger partial charge is 0.0998 e. The maximum atomic E-state index is 3.89. The number of rotatable bonds is 5. The third kappa shape index (κ3) is 7.07. The number of allylic oxidation sites excluding steroid dienone is 8. The molecule has 0 atom stereocenters. The zero-order valence-electron chi connectivity index (χ0n) is 8.59. The summed E-state index contributed by atoms with van der Waals surface area (Å²) in [6.07, 6.45) is 12.8. The first-order valence-corrected chi connectivity index (χ1v) is 4.46. The van der Waals surface area contributed by atoms with E-state index in [1.165, 1.54) is 11.1 Å². The van der Waals surface area contributed by atoms with Gasteiger partial charge in [-0.1, -0.05) is 55.2 Å². The molecule has 0 saturated carbocycles. The molecule has 0 aromatic carbocycles. The van der Waals surface area contributed by atoms with Crippen molar-refractivity contribution in [2.45, 2.75) is 20.3 Å². The Hall–Kier alpha value is -1.30.